The summed E-state index contributed by atoms with van der Waals surface area (Å²) in [6.07, 6.45) is 0.552. The van der Waals surface area contributed by atoms with Crippen LogP contribution in [0.1, 0.15) is 51.4 Å². The van der Waals surface area contributed by atoms with Crippen molar-refractivity contribution >= 4 is 23.9 Å². The van der Waals surface area contributed by atoms with Crippen LogP contribution in [0.5, 0.6) is 0 Å². The highest BCUT2D eigenvalue weighted by atomic mass is 17.0. The molecule has 0 saturated heterocycles. The SMILES string of the molecule is NC(CC(=O)CCCO[N+](=O)[O-])=NCCCC(CC(=O)CCCO[N+](=O)[O-])OC=O. The van der Waals surface area contributed by atoms with Gasteiger partial charge in [-0.25, -0.2) is 0 Å². The molecule has 0 aliphatic heterocycles. The fraction of sp³-hybridized carbons (Fsp3) is 0.750. The molecule has 0 aliphatic carbocycles. The molecule has 0 saturated carbocycles. The molecule has 0 aromatic rings. The van der Waals surface area contributed by atoms with Crippen LogP contribution in [-0.2, 0) is 28.8 Å². The van der Waals surface area contributed by atoms with Gasteiger partial charge in [-0.05, 0) is 25.7 Å². The number of Topliss-reactive ketones (excluding diaryl/α,β-unsaturated/α-hetero) is 2. The van der Waals surface area contributed by atoms with E-state index < -0.39 is 16.3 Å². The summed E-state index contributed by atoms with van der Waals surface area (Å²) in [5, 5.41) is 18.1. The number of amidine groups is 1. The zero-order valence-corrected chi connectivity index (χ0v) is 16.4. The summed E-state index contributed by atoms with van der Waals surface area (Å²) in [5.74, 6) is -0.328. The van der Waals surface area contributed by atoms with Gasteiger partial charge < -0.3 is 20.1 Å². The second-order valence-electron chi connectivity index (χ2n) is 6.15. The molecule has 1 atom stereocenters. The topological polar surface area (TPSA) is 204 Å². The maximum Gasteiger partial charge on any atom is 0.294 e. The van der Waals surface area contributed by atoms with Gasteiger partial charge in [-0.1, -0.05) is 0 Å². The van der Waals surface area contributed by atoms with Gasteiger partial charge in [0, 0.05) is 25.8 Å². The normalized spacial score (nSPS) is 11.9. The molecule has 0 spiro atoms. The molecule has 0 aromatic carbocycles. The largest absolute Gasteiger partial charge is 0.464 e. The summed E-state index contributed by atoms with van der Waals surface area (Å²) in [6.45, 7) is 0.142. The molecule has 0 bridgehead atoms. The highest BCUT2D eigenvalue weighted by Gasteiger charge is 2.15. The number of ketones is 2. The number of carbonyl (C=O) groups is 3. The smallest absolute Gasteiger partial charge is 0.294 e. The summed E-state index contributed by atoms with van der Waals surface area (Å²) in [5.41, 5.74) is 5.66. The van der Waals surface area contributed by atoms with Gasteiger partial charge in [-0.3, -0.25) is 19.4 Å². The predicted molar refractivity (Wildman–Crippen MR) is 100 cm³/mol. The quantitative estimate of drug-likeness (QED) is 0.0699. The Kier molecular flexibility index (Phi) is 14.8. The zero-order chi connectivity index (χ0) is 22.8. The summed E-state index contributed by atoms with van der Waals surface area (Å²) in [7, 11) is 0. The average molecular weight is 434 g/mol. The van der Waals surface area contributed by atoms with Gasteiger partial charge in [0.05, 0.1) is 19.6 Å². The van der Waals surface area contributed by atoms with Crippen molar-refractivity contribution < 1.29 is 39.0 Å². The second-order valence-corrected chi connectivity index (χ2v) is 6.15. The number of rotatable bonds is 20. The van der Waals surface area contributed by atoms with E-state index in [4.69, 9.17) is 10.5 Å². The molecule has 14 heteroatoms. The van der Waals surface area contributed by atoms with Crippen LogP contribution in [0.2, 0.25) is 0 Å². The van der Waals surface area contributed by atoms with Gasteiger partial charge in [0.2, 0.25) is 0 Å². The van der Waals surface area contributed by atoms with Crippen molar-refractivity contribution in [3.8, 4) is 0 Å². The minimum Gasteiger partial charge on any atom is -0.464 e. The van der Waals surface area contributed by atoms with Crippen LogP contribution in [0.4, 0.5) is 0 Å². The second kappa shape index (κ2) is 16.6. The van der Waals surface area contributed by atoms with E-state index in [1.54, 1.807) is 0 Å². The van der Waals surface area contributed by atoms with Crippen molar-refractivity contribution in [3.63, 3.8) is 0 Å². The Bertz CT molecular complexity index is 611. The lowest BCUT2D eigenvalue weighted by Gasteiger charge is -2.13. The standard InChI is InChI=1S/C16H26N4O10/c17-16(11-14(23)5-3-9-30-20(26)27)18-7-1-6-15(28-12-21)10-13(22)4-2-8-29-19(24)25/h12,15H,1-11H2,(H2,17,18). The molecule has 2 N–H and O–H groups in total. The van der Waals surface area contributed by atoms with Crippen molar-refractivity contribution in [1.29, 1.82) is 0 Å². The molecule has 14 nitrogen and oxygen atoms in total. The summed E-state index contributed by atoms with van der Waals surface area (Å²) in [6, 6.07) is 0. The van der Waals surface area contributed by atoms with E-state index in [0.717, 1.165) is 0 Å². The van der Waals surface area contributed by atoms with Crippen LogP contribution in [0, 0.1) is 20.2 Å². The van der Waals surface area contributed by atoms with Crippen molar-refractivity contribution in [1.82, 2.24) is 0 Å². The highest BCUT2D eigenvalue weighted by Crippen LogP contribution is 2.10. The molecule has 0 heterocycles. The van der Waals surface area contributed by atoms with Crippen LogP contribution in [-0.4, -0.2) is 59.9 Å². The van der Waals surface area contributed by atoms with Crippen molar-refractivity contribution in [3.05, 3.63) is 20.2 Å². The van der Waals surface area contributed by atoms with Crippen molar-refractivity contribution in [2.75, 3.05) is 19.8 Å². The Morgan fingerprint density at radius 3 is 2.10 bits per heavy atom. The van der Waals surface area contributed by atoms with E-state index >= 15 is 0 Å². The number of hydrogen-bond acceptors (Lipinski definition) is 11. The Morgan fingerprint density at radius 2 is 1.57 bits per heavy atom. The van der Waals surface area contributed by atoms with Gasteiger partial charge in [-0.15, -0.1) is 20.2 Å². The molecule has 1 unspecified atom stereocenters. The van der Waals surface area contributed by atoms with E-state index in [0.29, 0.717) is 12.8 Å². The zero-order valence-electron chi connectivity index (χ0n) is 16.4. The number of ether oxygens (including phenoxy) is 1. The van der Waals surface area contributed by atoms with Crippen LogP contribution >= 0.6 is 0 Å². The summed E-state index contributed by atoms with van der Waals surface area (Å²) in [4.78, 5) is 66.3. The maximum absolute atomic E-state index is 11.8. The lowest BCUT2D eigenvalue weighted by atomic mass is 10.0. The third-order valence-electron chi connectivity index (χ3n) is 3.67. The van der Waals surface area contributed by atoms with Crippen molar-refractivity contribution in [2.45, 2.75) is 57.5 Å². The number of nitrogens with zero attached hydrogens (tertiary/aromatic N) is 3. The Hall–Kier alpha value is -3.32. The Balaban J connectivity index is 4.10. The van der Waals surface area contributed by atoms with Crippen LogP contribution in [0.15, 0.2) is 4.99 Å². The third-order valence-corrected chi connectivity index (χ3v) is 3.67. The minimum absolute atomic E-state index is 0.0267. The van der Waals surface area contributed by atoms with Crippen LogP contribution < -0.4 is 5.73 Å². The third kappa shape index (κ3) is 16.8. The van der Waals surface area contributed by atoms with Gasteiger partial charge in [0.1, 0.15) is 23.5 Å². The van der Waals surface area contributed by atoms with E-state index in [1.807, 2.05) is 0 Å². The van der Waals surface area contributed by atoms with Crippen LogP contribution in [0.3, 0.4) is 0 Å². The molecule has 0 fully saturated rings. The summed E-state index contributed by atoms with van der Waals surface area (Å²) < 4.78 is 4.87. The Morgan fingerprint density at radius 1 is 1.00 bits per heavy atom. The minimum atomic E-state index is -0.937. The van der Waals surface area contributed by atoms with Crippen LogP contribution in [0.25, 0.3) is 0 Å². The number of aliphatic imine (C=N–C) groups is 1. The lowest BCUT2D eigenvalue weighted by Crippen LogP contribution is -2.20. The van der Waals surface area contributed by atoms with E-state index in [2.05, 4.69) is 14.7 Å². The summed E-state index contributed by atoms with van der Waals surface area (Å²) >= 11 is 0. The van der Waals surface area contributed by atoms with E-state index in [9.17, 15) is 34.6 Å². The molecule has 0 aromatic heterocycles. The first-order valence-corrected chi connectivity index (χ1v) is 9.20. The molecule has 0 aliphatic rings. The predicted octanol–water partition coefficient (Wildman–Crippen LogP) is 0.561. The lowest BCUT2D eigenvalue weighted by molar-refractivity contribution is -0.757. The number of carbonyl (C=O) groups excluding carboxylic acids is 3. The first-order valence-electron chi connectivity index (χ1n) is 9.20. The molecular formula is C16H26N4O10. The first-order chi connectivity index (χ1) is 14.2. The fourth-order valence-electron chi connectivity index (χ4n) is 2.36. The van der Waals surface area contributed by atoms with E-state index in [-0.39, 0.29) is 82.2 Å². The first kappa shape index (κ1) is 26.7. The molecule has 0 rings (SSSR count). The van der Waals surface area contributed by atoms with Crippen molar-refractivity contribution in [2.24, 2.45) is 10.7 Å². The Labute approximate surface area is 171 Å². The molecular weight excluding hydrogens is 408 g/mol. The number of hydrogen-bond donors (Lipinski definition) is 1. The molecule has 0 radical (unpaired) electrons. The number of nitrogens with two attached hydrogens (primary N) is 1. The fourth-order valence-corrected chi connectivity index (χ4v) is 2.36. The van der Waals surface area contributed by atoms with E-state index in [1.165, 1.54) is 0 Å². The average Bonchev–Trinajstić information content (AvgIpc) is 2.65. The van der Waals surface area contributed by atoms with Gasteiger partial charge in [0.25, 0.3) is 16.6 Å². The van der Waals surface area contributed by atoms with Gasteiger partial charge in [0.15, 0.2) is 0 Å². The molecule has 0 amide bonds. The van der Waals surface area contributed by atoms with Gasteiger partial charge in [-0.2, -0.15) is 0 Å². The maximum atomic E-state index is 11.8. The molecule has 30 heavy (non-hydrogen) atoms. The monoisotopic (exact) mass is 434 g/mol. The molecule has 170 valence electrons. The highest BCUT2D eigenvalue weighted by molar-refractivity contribution is 5.99. The van der Waals surface area contributed by atoms with Gasteiger partial charge >= 0.3 is 0 Å².